The van der Waals surface area contributed by atoms with Crippen molar-refractivity contribution in [2.45, 2.75) is 18.7 Å². The van der Waals surface area contributed by atoms with Gasteiger partial charge in [0.05, 0.1) is 5.69 Å². The Balaban J connectivity index is 2.45. The summed E-state index contributed by atoms with van der Waals surface area (Å²) in [6.45, 7) is 3.64. The van der Waals surface area contributed by atoms with Crippen LogP contribution in [-0.4, -0.2) is 18.4 Å². The molecular weight excluding hydrogens is 335 g/mol. The van der Waals surface area contributed by atoms with E-state index in [1.54, 1.807) is 13.0 Å². The predicted octanol–water partition coefficient (Wildman–Crippen LogP) is 2.78. The summed E-state index contributed by atoms with van der Waals surface area (Å²) in [5.41, 5.74) is 7.65. The topological polar surface area (TPSA) is 98.0 Å². The van der Waals surface area contributed by atoms with E-state index < -0.39 is 10.0 Å². The number of halogens is 2. The second-order valence-electron chi connectivity index (χ2n) is 4.42. The molecule has 0 aliphatic rings. The molecule has 0 spiro atoms. The number of aromatic nitrogens is 2. The summed E-state index contributed by atoms with van der Waals surface area (Å²) < 4.78 is 27.0. The number of nitrogens with one attached hydrogen (secondary N) is 1. The van der Waals surface area contributed by atoms with Crippen LogP contribution in [0.1, 0.15) is 11.1 Å². The SMILES string of the molecule is Cc1cc(N)c(S(=O)(=O)Nc2cc(Cl)nc(Cl)n2)cc1C. The van der Waals surface area contributed by atoms with Gasteiger partial charge in [0.25, 0.3) is 10.0 Å². The number of hydrogen-bond acceptors (Lipinski definition) is 5. The van der Waals surface area contributed by atoms with Crippen LogP contribution in [0.4, 0.5) is 11.5 Å². The van der Waals surface area contributed by atoms with Crippen LogP contribution in [-0.2, 0) is 10.0 Å². The molecular formula is C12H12Cl2N4O2S. The Hall–Kier alpha value is -1.57. The molecule has 1 aromatic heterocycles. The highest BCUT2D eigenvalue weighted by Gasteiger charge is 2.20. The Morgan fingerprint density at radius 1 is 1.10 bits per heavy atom. The Bertz CT molecular complexity index is 789. The molecule has 21 heavy (non-hydrogen) atoms. The van der Waals surface area contributed by atoms with E-state index in [0.29, 0.717) is 0 Å². The third-order valence-corrected chi connectivity index (χ3v) is 4.60. The van der Waals surface area contributed by atoms with Crippen molar-refractivity contribution in [2.24, 2.45) is 0 Å². The minimum Gasteiger partial charge on any atom is -0.398 e. The van der Waals surface area contributed by atoms with Crippen LogP contribution in [0.25, 0.3) is 0 Å². The quantitative estimate of drug-likeness (QED) is 0.505. The molecule has 9 heteroatoms. The number of sulfonamides is 1. The van der Waals surface area contributed by atoms with E-state index in [1.807, 2.05) is 6.92 Å². The monoisotopic (exact) mass is 346 g/mol. The summed E-state index contributed by atoms with van der Waals surface area (Å²) >= 11 is 11.3. The molecule has 112 valence electrons. The molecule has 2 aromatic rings. The molecule has 1 aromatic carbocycles. The van der Waals surface area contributed by atoms with E-state index in [2.05, 4.69) is 14.7 Å². The van der Waals surface area contributed by atoms with Crippen LogP contribution in [0.5, 0.6) is 0 Å². The van der Waals surface area contributed by atoms with Crippen LogP contribution < -0.4 is 10.5 Å². The second-order valence-corrected chi connectivity index (χ2v) is 6.80. The molecule has 0 radical (unpaired) electrons. The van der Waals surface area contributed by atoms with Crippen molar-refractivity contribution in [1.82, 2.24) is 9.97 Å². The molecule has 3 N–H and O–H groups in total. The van der Waals surface area contributed by atoms with Crippen LogP contribution in [0.3, 0.4) is 0 Å². The maximum atomic E-state index is 12.4. The molecule has 6 nitrogen and oxygen atoms in total. The van der Waals surface area contributed by atoms with Gasteiger partial charge in [-0.2, -0.15) is 4.98 Å². The summed E-state index contributed by atoms with van der Waals surface area (Å²) in [4.78, 5) is 7.36. The molecule has 0 fully saturated rings. The second kappa shape index (κ2) is 5.67. The standard InChI is InChI=1S/C12H12Cl2N4O2S/c1-6-3-8(15)9(4-7(6)2)21(19,20)18-11-5-10(13)16-12(14)17-11/h3-5H,15H2,1-2H3,(H,16,17,18). The summed E-state index contributed by atoms with van der Waals surface area (Å²) in [5.74, 6) is -0.0300. The number of anilines is 2. The number of aryl methyl sites for hydroxylation is 2. The smallest absolute Gasteiger partial charge is 0.265 e. The first-order valence-corrected chi connectivity index (χ1v) is 8.02. The normalized spacial score (nSPS) is 11.4. The van der Waals surface area contributed by atoms with E-state index in [4.69, 9.17) is 28.9 Å². The molecule has 0 unspecified atom stereocenters. The lowest BCUT2D eigenvalue weighted by Crippen LogP contribution is -2.16. The third-order valence-electron chi connectivity index (χ3n) is 2.82. The molecule has 2 rings (SSSR count). The van der Waals surface area contributed by atoms with Gasteiger partial charge in [-0.15, -0.1) is 0 Å². The van der Waals surface area contributed by atoms with Gasteiger partial charge in [-0.25, -0.2) is 13.4 Å². The van der Waals surface area contributed by atoms with Crippen molar-refractivity contribution in [2.75, 3.05) is 10.5 Å². The zero-order valence-corrected chi connectivity index (χ0v) is 13.5. The van der Waals surface area contributed by atoms with E-state index in [0.717, 1.165) is 11.1 Å². The maximum Gasteiger partial charge on any atom is 0.265 e. The number of hydrogen-bond donors (Lipinski definition) is 2. The van der Waals surface area contributed by atoms with Gasteiger partial charge in [0.1, 0.15) is 15.9 Å². The molecule has 0 saturated heterocycles. The number of rotatable bonds is 3. The fourth-order valence-electron chi connectivity index (χ4n) is 1.68. The van der Waals surface area contributed by atoms with Crippen molar-refractivity contribution >= 4 is 44.7 Å². The molecule has 0 amide bonds. The van der Waals surface area contributed by atoms with E-state index >= 15 is 0 Å². The Morgan fingerprint density at radius 2 is 1.71 bits per heavy atom. The largest absolute Gasteiger partial charge is 0.398 e. The lowest BCUT2D eigenvalue weighted by molar-refractivity contribution is 0.601. The van der Waals surface area contributed by atoms with E-state index in [9.17, 15) is 8.42 Å². The molecule has 1 heterocycles. The van der Waals surface area contributed by atoms with Crippen LogP contribution in [0.2, 0.25) is 10.4 Å². The zero-order valence-electron chi connectivity index (χ0n) is 11.2. The summed E-state index contributed by atoms with van der Waals surface area (Å²) in [5, 5.41) is -0.131. The summed E-state index contributed by atoms with van der Waals surface area (Å²) in [6, 6.07) is 4.35. The molecule has 0 saturated carbocycles. The van der Waals surface area contributed by atoms with E-state index in [-0.39, 0.29) is 26.8 Å². The number of benzene rings is 1. The predicted molar refractivity (Wildman–Crippen MR) is 83.2 cm³/mol. The van der Waals surface area contributed by atoms with Crippen molar-refractivity contribution in [3.8, 4) is 0 Å². The zero-order chi connectivity index (χ0) is 15.8. The van der Waals surface area contributed by atoms with Crippen molar-refractivity contribution in [3.63, 3.8) is 0 Å². The molecule has 0 aliphatic carbocycles. The van der Waals surface area contributed by atoms with Crippen molar-refractivity contribution in [1.29, 1.82) is 0 Å². The minimum absolute atomic E-state index is 0.0285. The maximum absolute atomic E-state index is 12.4. The Kier molecular flexibility index (Phi) is 4.27. The molecule has 0 atom stereocenters. The average molecular weight is 347 g/mol. The van der Waals surface area contributed by atoms with Crippen molar-refractivity contribution < 1.29 is 8.42 Å². The van der Waals surface area contributed by atoms with Gasteiger partial charge in [0.15, 0.2) is 0 Å². The number of nitrogen functional groups attached to an aromatic ring is 1. The van der Waals surface area contributed by atoms with Gasteiger partial charge in [-0.3, -0.25) is 4.72 Å². The van der Waals surface area contributed by atoms with Crippen molar-refractivity contribution in [3.05, 3.63) is 39.8 Å². The first kappa shape index (κ1) is 15.8. The highest BCUT2D eigenvalue weighted by atomic mass is 35.5. The molecule has 0 bridgehead atoms. The average Bonchev–Trinajstić information content (AvgIpc) is 2.31. The summed E-state index contributed by atoms with van der Waals surface area (Å²) in [7, 11) is -3.90. The Morgan fingerprint density at radius 3 is 2.33 bits per heavy atom. The van der Waals surface area contributed by atoms with Gasteiger partial charge in [-0.1, -0.05) is 11.6 Å². The van der Waals surface area contributed by atoms with Gasteiger partial charge in [-0.05, 0) is 48.7 Å². The van der Waals surface area contributed by atoms with Gasteiger partial charge >= 0.3 is 0 Å². The summed E-state index contributed by atoms with van der Waals surface area (Å²) in [6.07, 6.45) is 0. The van der Waals surface area contributed by atoms with Crippen LogP contribution in [0.15, 0.2) is 23.1 Å². The van der Waals surface area contributed by atoms with E-state index in [1.165, 1.54) is 12.1 Å². The first-order valence-electron chi connectivity index (χ1n) is 5.78. The first-order chi connectivity index (χ1) is 9.69. The minimum atomic E-state index is -3.90. The highest BCUT2D eigenvalue weighted by molar-refractivity contribution is 7.92. The lowest BCUT2D eigenvalue weighted by Gasteiger charge is -2.12. The number of nitrogens with zero attached hydrogens (tertiary/aromatic N) is 2. The van der Waals surface area contributed by atoms with Crippen LogP contribution in [0, 0.1) is 13.8 Å². The van der Waals surface area contributed by atoms with Gasteiger partial charge in [0.2, 0.25) is 5.28 Å². The fraction of sp³-hybridized carbons (Fsp3) is 0.167. The number of nitrogens with two attached hydrogens (primary N) is 1. The Labute approximate surface area is 132 Å². The lowest BCUT2D eigenvalue weighted by atomic mass is 10.1. The highest BCUT2D eigenvalue weighted by Crippen LogP contribution is 2.25. The van der Waals surface area contributed by atoms with Crippen LogP contribution >= 0.6 is 23.2 Å². The third kappa shape index (κ3) is 3.55. The van der Waals surface area contributed by atoms with Gasteiger partial charge < -0.3 is 5.73 Å². The molecule has 0 aliphatic heterocycles. The van der Waals surface area contributed by atoms with Gasteiger partial charge in [0, 0.05) is 6.07 Å². The fourth-order valence-corrected chi connectivity index (χ4v) is 3.28.